The van der Waals surface area contributed by atoms with Crippen molar-refractivity contribution in [1.82, 2.24) is 4.90 Å². The number of hydrogen-bond acceptors (Lipinski definition) is 2. The lowest BCUT2D eigenvalue weighted by molar-refractivity contribution is -0.140. The number of morpholine rings is 1. The van der Waals surface area contributed by atoms with Crippen molar-refractivity contribution >= 4 is 0 Å². The zero-order valence-corrected chi connectivity index (χ0v) is 10.6. The molecule has 2 heteroatoms. The quantitative estimate of drug-likeness (QED) is 0.720. The van der Waals surface area contributed by atoms with Crippen LogP contribution in [0.2, 0.25) is 0 Å². The van der Waals surface area contributed by atoms with E-state index in [1.807, 2.05) is 6.07 Å². The van der Waals surface area contributed by atoms with Crippen molar-refractivity contribution in [3.05, 3.63) is 35.9 Å². The van der Waals surface area contributed by atoms with Gasteiger partial charge in [-0.15, -0.1) is 0 Å². The summed E-state index contributed by atoms with van der Waals surface area (Å²) in [7, 11) is 2.18. The number of benzene rings is 1. The Balaban J connectivity index is 2.17. The molecule has 0 N–H and O–H groups in total. The lowest BCUT2D eigenvalue weighted by Crippen LogP contribution is -2.56. The Bertz CT molecular complexity index is 333. The van der Waals surface area contributed by atoms with Gasteiger partial charge < -0.3 is 4.74 Å². The summed E-state index contributed by atoms with van der Waals surface area (Å²) < 4.78 is 6.12. The average Bonchev–Trinajstić information content (AvgIpc) is 2.27. The molecule has 88 valence electrons. The summed E-state index contributed by atoms with van der Waals surface area (Å²) in [6.07, 6.45) is 0.450. The van der Waals surface area contributed by atoms with E-state index in [-0.39, 0.29) is 17.7 Å². The molecule has 0 bridgehead atoms. The second-order valence-electron chi connectivity index (χ2n) is 5.21. The fourth-order valence-electron chi connectivity index (χ4n) is 2.10. The summed E-state index contributed by atoms with van der Waals surface area (Å²) in [6.45, 7) is 7.59. The number of rotatable bonds is 1. The smallest absolute Gasteiger partial charge is 0.0956 e. The molecule has 0 spiro atoms. The Hall–Kier alpha value is -0.860. The van der Waals surface area contributed by atoms with E-state index in [0.29, 0.717) is 0 Å². The van der Waals surface area contributed by atoms with Gasteiger partial charge in [-0.1, -0.05) is 30.3 Å². The molecule has 1 aliphatic heterocycles. The highest BCUT2D eigenvalue weighted by Crippen LogP contribution is 2.33. The maximum atomic E-state index is 6.12. The number of hydrogen-bond donors (Lipinski definition) is 0. The molecule has 1 fully saturated rings. The second kappa shape index (κ2) is 4.19. The first kappa shape index (κ1) is 11.6. The van der Waals surface area contributed by atoms with E-state index in [1.165, 1.54) is 5.56 Å². The zero-order valence-electron chi connectivity index (χ0n) is 10.6. The molecule has 0 amide bonds. The predicted molar refractivity (Wildman–Crippen MR) is 66.4 cm³/mol. The molecule has 0 saturated carbocycles. The van der Waals surface area contributed by atoms with Crippen molar-refractivity contribution in [3.8, 4) is 0 Å². The van der Waals surface area contributed by atoms with Crippen LogP contribution in [0.5, 0.6) is 0 Å². The Kier molecular flexibility index (Phi) is 3.04. The summed E-state index contributed by atoms with van der Waals surface area (Å²) in [5.74, 6) is 0. The normalized spacial score (nSPS) is 30.2. The number of ether oxygens (including phenoxy) is 1. The molecule has 2 rings (SSSR count). The van der Waals surface area contributed by atoms with Crippen LogP contribution in [0.15, 0.2) is 30.3 Å². The fraction of sp³-hybridized carbons (Fsp3) is 0.571. The van der Waals surface area contributed by atoms with Gasteiger partial charge in [0.2, 0.25) is 0 Å². The molecule has 1 heterocycles. The first-order chi connectivity index (χ1) is 7.51. The monoisotopic (exact) mass is 219 g/mol. The molecule has 0 radical (unpaired) electrons. The number of nitrogens with zero attached hydrogens (tertiary/aromatic N) is 1. The first-order valence-electron chi connectivity index (χ1n) is 5.93. The van der Waals surface area contributed by atoms with Gasteiger partial charge in [-0.3, -0.25) is 4.90 Å². The largest absolute Gasteiger partial charge is 0.367 e. The van der Waals surface area contributed by atoms with Crippen LogP contribution < -0.4 is 0 Å². The maximum absolute atomic E-state index is 6.12. The first-order valence-corrected chi connectivity index (χ1v) is 5.93. The lowest BCUT2D eigenvalue weighted by atomic mass is 9.92. The standard InChI is InChI=1S/C14H21NO/c1-11-14(2,3)15(4)10-13(16-11)12-8-6-5-7-9-12/h5-9,11,13H,10H2,1-4H3. The molecule has 1 aromatic rings. The van der Waals surface area contributed by atoms with Crippen LogP contribution in [0.4, 0.5) is 0 Å². The van der Waals surface area contributed by atoms with E-state index in [1.54, 1.807) is 0 Å². The summed E-state index contributed by atoms with van der Waals surface area (Å²) in [5.41, 5.74) is 1.39. The lowest BCUT2D eigenvalue weighted by Gasteiger charge is -2.48. The van der Waals surface area contributed by atoms with Crippen molar-refractivity contribution in [2.24, 2.45) is 0 Å². The van der Waals surface area contributed by atoms with Gasteiger partial charge in [0.25, 0.3) is 0 Å². The second-order valence-corrected chi connectivity index (χ2v) is 5.21. The molecule has 2 nitrogen and oxygen atoms in total. The van der Waals surface area contributed by atoms with Gasteiger partial charge in [-0.2, -0.15) is 0 Å². The molecular formula is C14H21NO. The molecular weight excluding hydrogens is 198 g/mol. The van der Waals surface area contributed by atoms with E-state index in [2.05, 4.69) is 57.0 Å². The number of likely N-dealkylation sites (N-methyl/N-ethyl adjacent to an activating group) is 1. The van der Waals surface area contributed by atoms with Crippen LogP contribution in [0, 0.1) is 0 Å². The Labute approximate surface area is 98.2 Å². The van der Waals surface area contributed by atoms with Crippen LogP contribution in [0.1, 0.15) is 32.4 Å². The zero-order chi connectivity index (χ0) is 11.8. The van der Waals surface area contributed by atoms with E-state index in [4.69, 9.17) is 4.74 Å². The minimum Gasteiger partial charge on any atom is -0.367 e. The van der Waals surface area contributed by atoms with Crippen LogP contribution in [0.3, 0.4) is 0 Å². The summed E-state index contributed by atoms with van der Waals surface area (Å²) >= 11 is 0. The minimum atomic E-state index is 0.116. The van der Waals surface area contributed by atoms with Gasteiger partial charge in [0.05, 0.1) is 12.2 Å². The third kappa shape index (κ3) is 2.00. The van der Waals surface area contributed by atoms with Gasteiger partial charge in [0, 0.05) is 12.1 Å². The maximum Gasteiger partial charge on any atom is 0.0956 e. The third-order valence-electron chi connectivity index (χ3n) is 3.96. The minimum absolute atomic E-state index is 0.116. The van der Waals surface area contributed by atoms with Crippen molar-refractivity contribution in [2.75, 3.05) is 13.6 Å². The summed E-state index contributed by atoms with van der Waals surface area (Å²) in [6, 6.07) is 10.5. The van der Waals surface area contributed by atoms with Crippen LogP contribution in [-0.2, 0) is 4.74 Å². The highest BCUT2D eigenvalue weighted by atomic mass is 16.5. The predicted octanol–water partition coefficient (Wildman–Crippen LogP) is 2.86. The molecule has 1 aromatic carbocycles. The van der Waals surface area contributed by atoms with E-state index in [9.17, 15) is 0 Å². The van der Waals surface area contributed by atoms with E-state index in [0.717, 1.165) is 6.54 Å². The molecule has 1 saturated heterocycles. The van der Waals surface area contributed by atoms with Crippen molar-refractivity contribution in [1.29, 1.82) is 0 Å². The molecule has 0 aromatic heterocycles. The van der Waals surface area contributed by atoms with Crippen LogP contribution >= 0.6 is 0 Å². The van der Waals surface area contributed by atoms with Crippen molar-refractivity contribution in [2.45, 2.75) is 38.5 Å². The van der Waals surface area contributed by atoms with Crippen LogP contribution in [-0.4, -0.2) is 30.1 Å². The van der Waals surface area contributed by atoms with Gasteiger partial charge in [-0.05, 0) is 33.4 Å². The topological polar surface area (TPSA) is 12.5 Å². The van der Waals surface area contributed by atoms with Crippen molar-refractivity contribution in [3.63, 3.8) is 0 Å². The van der Waals surface area contributed by atoms with E-state index < -0.39 is 0 Å². The molecule has 2 unspecified atom stereocenters. The van der Waals surface area contributed by atoms with Gasteiger partial charge >= 0.3 is 0 Å². The highest BCUT2D eigenvalue weighted by molar-refractivity contribution is 5.19. The molecule has 1 aliphatic rings. The molecule has 2 atom stereocenters. The van der Waals surface area contributed by atoms with Gasteiger partial charge in [0.15, 0.2) is 0 Å². The third-order valence-corrected chi connectivity index (χ3v) is 3.96. The SMILES string of the molecule is CC1OC(c2ccccc2)CN(C)C1(C)C. The summed E-state index contributed by atoms with van der Waals surface area (Å²) in [4.78, 5) is 2.39. The Morgan fingerprint density at radius 2 is 1.88 bits per heavy atom. The van der Waals surface area contributed by atoms with E-state index >= 15 is 0 Å². The average molecular weight is 219 g/mol. The Morgan fingerprint density at radius 3 is 2.44 bits per heavy atom. The Morgan fingerprint density at radius 1 is 1.25 bits per heavy atom. The van der Waals surface area contributed by atoms with Gasteiger partial charge in [0.1, 0.15) is 0 Å². The highest BCUT2D eigenvalue weighted by Gasteiger charge is 2.38. The summed E-state index contributed by atoms with van der Waals surface area (Å²) in [5, 5.41) is 0. The molecule has 16 heavy (non-hydrogen) atoms. The van der Waals surface area contributed by atoms with Gasteiger partial charge in [-0.25, -0.2) is 0 Å². The van der Waals surface area contributed by atoms with Crippen LogP contribution in [0.25, 0.3) is 0 Å². The molecule has 0 aliphatic carbocycles. The fourth-order valence-corrected chi connectivity index (χ4v) is 2.10. The van der Waals surface area contributed by atoms with Crippen molar-refractivity contribution < 1.29 is 4.74 Å².